The van der Waals surface area contributed by atoms with Gasteiger partial charge < -0.3 is 0 Å². The minimum absolute atomic E-state index is 0.281. The minimum atomic E-state index is -0.833. The number of aliphatic hydroxyl groups excluding tert-OH is 3. The second kappa shape index (κ2) is 10.5. The predicted molar refractivity (Wildman–Crippen MR) is 55.3 cm³/mol. The molecule has 0 aliphatic heterocycles. The van der Waals surface area contributed by atoms with E-state index in [4.69, 9.17) is 15.3 Å². The molecular formula is C9H21AsO3. The van der Waals surface area contributed by atoms with E-state index in [0.717, 1.165) is 34.9 Å². The van der Waals surface area contributed by atoms with Crippen molar-refractivity contribution in [2.24, 2.45) is 0 Å². The fourth-order valence-electron chi connectivity index (χ4n) is 1.22. The molecule has 0 rings (SSSR count). The zero-order valence-electron chi connectivity index (χ0n) is 8.15. The molecule has 0 heterocycles. The van der Waals surface area contributed by atoms with Crippen molar-refractivity contribution in [2.45, 2.75) is 34.9 Å². The maximum atomic E-state index is 8.69. The van der Waals surface area contributed by atoms with Gasteiger partial charge in [-0.15, -0.1) is 0 Å². The standard InChI is InChI=1S/C9H21AsO3/c11-7-1-4-10(5-2-8-12)6-3-9-13/h11-13H,1-9H2. The van der Waals surface area contributed by atoms with E-state index in [2.05, 4.69) is 0 Å². The Kier molecular flexibility index (Phi) is 10.9. The maximum absolute atomic E-state index is 8.69. The summed E-state index contributed by atoms with van der Waals surface area (Å²) in [5.74, 6) is 0. The number of rotatable bonds is 9. The normalized spacial score (nSPS) is 11.1. The molecule has 0 fully saturated rings. The number of aliphatic hydroxyl groups is 3. The molecule has 0 unspecified atom stereocenters. The molecule has 0 aromatic heterocycles. The van der Waals surface area contributed by atoms with E-state index in [1.54, 1.807) is 0 Å². The van der Waals surface area contributed by atoms with Crippen molar-refractivity contribution < 1.29 is 15.3 Å². The van der Waals surface area contributed by atoms with Gasteiger partial charge in [-0.1, -0.05) is 0 Å². The van der Waals surface area contributed by atoms with Gasteiger partial charge in [0.1, 0.15) is 0 Å². The molecule has 0 saturated carbocycles. The van der Waals surface area contributed by atoms with Crippen molar-refractivity contribution in [1.29, 1.82) is 0 Å². The van der Waals surface area contributed by atoms with Crippen LogP contribution in [-0.2, 0) is 0 Å². The van der Waals surface area contributed by atoms with Gasteiger partial charge in [-0.2, -0.15) is 0 Å². The quantitative estimate of drug-likeness (QED) is 0.527. The third kappa shape index (κ3) is 8.76. The first-order chi connectivity index (χ1) is 6.35. The topological polar surface area (TPSA) is 60.7 Å². The van der Waals surface area contributed by atoms with Crippen LogP contribution in [-0.4, -0.2) is 49.8 Å². The van der Waals surface area contributed by atoms with Crippen LogP contribution in [0.5, 0.6) is 0 Å². The second-order valence-corrected chi connectivity index (χ2v) is 8.70. The van der Waals surface area contributed by atoms with Crippen LogP contribution in [0, 0.1) is 0 Å². The zero-order valence-corrected chi connectivity index (χ0v) is 10.0. The van der Waals surface area contributed by atoms with Gasteiger partial charge in [-0.3, -0.25) is 0 Å². The Morgan fingerprint density at radius 2 is 0.923 bits per heavy atom. The second-order valence-electron chi connectivity index (χ2n) is 3.07. The van der Waals surface area contributed by atoms with Crippen LogP contribution in [0.2, 0.25) is 15.6 Å². The molecular weight excluding hydrogens is 231 g/mol. The molecule has 0 spiro atoms. The third-order valence-corrected chi connectivity index (χ3v) is 7.87. The summed E-state index contributed by atoms with van der Waals surface area (Å²) in [7, 11) is 0. The van der Waals surface area contributed by atoms with Gasteiger partial charge in [-0.05, 0) is 0 Å². The van der Waals surface area contributed by atoms with Crippen LogP contribution in [0.3, 0.4) is 0 Å². The van der Waals surface area contributed by atoms with Gasteiger partial charge in [0.05, 0.1) is 0 Å². The van der Waals surface area contributed by atoms with Crippen LogP contribution in [0.4, 0.5) is 0 Å². The zero-order chi connectivity index (χ0) is 9.94. The first-order valence-corrected chi connectivity index (χ1v) is 8.88. The van der Waals surface area contributed by atoms with Gasteiger partial charge in [0.2, 0.25) is 0 Å². The van der Waals surface area contributed by atoms with E-state index in [-0.39, 0.29) is 19.8 Å². The summed E-state index contributed by atoms with van der Waals surface area (Å²) in [6.07, 6.45) is 2.70. The van der Waals surface area contributed by atoms with Gasteiger partial charge in [0, 0.05) is 0 Å². The van der Waals surface area contributed by atoms with Crippen LogP contribution in [0.15, 0.2) is 0 Å². The van der Waals surface area contributed by atoms with Crippen molar-refractivity contribution in [2.75, 3.05) is 19.8 Å². The van der Waals surface area contributed by atoms with Gasteiger partial charge in [0.15, 0.2) is 0 Å². The fraction of sp³-hybridized carbons (Fsp3) is 1.00. The summed E-state index contributed by atoms with van der Waals surface area (Å²) < 4.78 is 0. The summed E-state index contributed by atoms with van der Waals surface area (Å²) in [6, 6.07) is 0. The molecule has 0 saturated heterocycles. The number of hydrogen-bond donors (Lipinski definition) is 3. The summed E-state index contributed by atoms with van der Waals surface area (Å²) in [4.78, 5) is 0. The Labute approximate surface area is 85.0 Å². The monoisotopic (exact) mass is 252 g/mol. The molecule has 0 bridgehead atoms. The third-order valence-electron chi connectivity index (χ3n) is 1.90. The predicted octanol–water partition coefficient (Wildman–Crippen LogP) is 0.628. The molecule has 0 aliphatic rings. The van der Waals surface area contributed by atoms with Crippen molar-refractivity contribution in [3.05, 3.63) is 0 Å². The van der Waals surface area contributed by atoms with Crippen LogP contribution in [0.25, 0.3) is 0 Å². The Morgan fingerprint density at radius 3 is 1.15 bits per heavy atom. The van der Waals surface area contributed by atoms with E-state index in [1.807, 2.05) is 0 Å². The van der Waals surface area contributed by atoms with Crippen molar-refractivity contribution in [3.8, 4) is 0 Å². The van der Waals surface area contributed by atoms with Crippen LogP contribution in [0.1, 0.15) is 19.3 Å². The Bertz CT molecular complexity index is 81.8. The molecule has 3 nitrogen and oxygen atoms in total. The van der Waals surface area contributed by atoms with E-state index in [0.29, 0.717) is 0 Å². The molecule has 0 atom stereocenters. The molecule has 4 heteroatoms. The van der Waals surface area contributed by atoms with Gasteiger partial charge >= 0.3 is 84.7 Å². The molecule has 13 heavy (non-hydrogen) atoms. The van der Waals surface area contributed by atoms with Gasteiger partial charge in [-0.25, -0.2) is 0 Å². The molecule has 3 N–H and O–H groups in total. The molecule has 0 amide bonds. The van der Waals surface area contributed by atoms with Crippen molar-refractivity contribution >= 4 is 14.7 Å². The van der Waals surface area contributed by atoms with E-state index < -0.39 is 14.7 Å². The molecule has 0 aliphatic carbocycles. The Hall–Kier alpha value is 0.438. The van der Waals surface area contributed by atoms with Crippen LogP contribution < -0.4 is 0 Å². The summed E-state index contributed by atoms with van der Waals surface area (Å²) in [6.45, 7) is 0.844. The van der Waals surface area contributed by atoms with Gasteiger partial charge in [0.25, 0.3) is 0 Å². The average Bonchev–Trinajstić information content (AvgIpc) is 2.17. The van der Waals surface area contributed by atoms with Crippen molar-refractivity contribution in [1.82, 2.24) is 0 Å². The molecule has 0 aromatic carbocycles. The van der Waals surface area contributed by atoms with E-state index in [1.165, 1.54) is 0 Å². The molecule has 0 aromatic rings. The molecule has 0 radical (unpaired) electrons. The summed E-state index contributed by atoms with van der Waals surface area (Å²) in [5, 5.41) is 29.5. The van der Waals surface area contributed by atoms with E-state index in [9.17, 15) is 0 Å². The van der Waals surface area contributed by atoms with Crippen LogP contribution >= 0.6 is 0 Å². The Balaban J connectivity index is 3.47. The fourth-order valence-corrected chi connectivity index (χ4v) is 6.33. The first-order valence-electron chi connectivity index (χ1n) is 4.90. The summed E-state index contributed by atoms with van der Waals surface area (Å²) >= 11 is -0.833. The number of hydrogen-bond acceptors (Lipinski definition) is 3. The van der Waals surface area contributed by atoms with E-state index >= 15 is 0 Å². The summed E-state index contributed by atoms with van der Waals surface area (Å²) in [5.41, 5.74) is 0. The average molecular weight is 252 g/mol. The Morgan fingerprint density at radius 1 is 0.615 bits per heavy atom. The van der Waals surface area contributed by atoms with Crippen molar-refractivity contribution in [3.63, 3.8) is 0 Å². The molecule has 80 valence electrons. The first kappa shape index (κ1) is 13.4. The SMILES string of the molecule is OCCC[As](CCCO)CCCO.